The van der Waals surface area contributed by atoms with Gasteiger partial charge >= 0.3 is 6.18 Å². The molecule has 1 aliphatic heterocycles. The molecule has 1 amide bonds. The number of amides is 1. The number of hydrazine groups is 1. The molecule has 0 bridgehead atoms. The molecule has 1 saturated heterocycles. The Morgan fingerprint density at radius 3 is 2.47 bits per heavy atom. The fourth-order valence-electron chi connectivity index (χ4n) is 1.98. The molecule has 1 aromatic rings. The number of carbonyl (C=O) groups excluding carboxylic acids is 1. The van der Waals surface area contributed by atoms with Crippen LogP contribution in [0.2, 0.25) is 0 Å². The molecule has 1 fully saturated rings. The maximum atomic E-state index is 12.4. The fourth-order valence-corrected chi connectivity index (χ4v) is 1.98. The van der Waals surface area contributed by atoms with Gasteiger partial charge in [0.2, 0.25) is 5.91 Å². The normalized spacial score (nSPS) is 20.1. The van der Waals surface area contributed by atoms with E-state index in [0.717, 1.165) is 12.1 Å². The number of nitrogens with one attached hydrogen (secondary N) is 1. The second kappa shape index (κ2) is 5.18. The fraction of sp³-hybridized carbons (Fsp3) is 0.417. The van der Waals surface area contributed by atoms with Gasteiger partial charge in [0.15, 0.2) is 0 Å². The first kappa shape index (κ1) is 13.8. The Bertz CT molecular complexity index is 459. The van der Waals surface area contributed by atoms with Crippen LogP contribution in [0.3, 0.4) is 0 Å². The van der Waals surface area contributed by atoms with Crippen LogP contribution in [-0.2, 0) is 11.0 Å². The first-order valence-electron chi connectivity index (χ1n) is 5.76. The molecule has 1 aliphatic rings. The Labute approximate surface area is 107 Å². The summed E-state index contributed by atoms with van der Waals surface area (Å²) < 4.78 is 37.2. The van der Waals surface area contributed by atoms with E-state index in [2.05, 4.69) is 5.43 Å². The number of benzene rings is 1. The van der Waals surface area contributed by atoms with Crippen molar-refractivity contribution in [3.63, 3.8) is 0 Å². The minimum Gasteiger partial charge on any atom is -0.394 e. The zero-order chi connectivity index (χ0) is 14.0. The second-order valence-corrected chi connectivity index (χ2v) is 4.27. The lowest BCUT2D eigenvalue weighted by Gasteiger charge is -2.17. The van der Waals surface area contributed by atoms with Crippen LogP contribution in [0.15, 0.2) is 24.3 Å². The van der Waals surface area contributed by atoms with Crippen molar-refractivity contribution in [1.82, 2.24) is 10.4 Å². The number of aliphatic hydroxyl groups is 1. The third-order valence-corrected chi connectivity index (χ3v) is 2.96. The summed E-state index contributed by atoms with van der Waals surface area (Å²) in [5.41, 5.74) is 2.76. The summed E-state index contributed by atoms with van der Waals surface area (Å²) in [6.07, 6.45) is -4.19. The van der Waals surface area contributed by atoms with Gasteiger partial charge in [0.05, 0.1) is 24.8 Å². The Morgan fingerprint density at radius 2 is 1.95 bits per heavy atom. The number of β-amino-alcohol motifs (C(OH)–C–C–N with tert-alkyl or cyclic N) is 1. The molecule has 4 nitrogen and oxygen atoms in total. The summed E-state index contributed by atoms with van der Waals surface area (Å²) in [5.74, 6) is -0.182. The van der Waals surface area contributed by atoms with Crippen molar-refractivity contribution in [2.45, 2.75) is 18.6 Å². The van der Waals surface area contributed by atoms with Crippen LogP contribution in [0.4, 0.5) is 13.2 Å². The molecule has 0 radical (unpaired) electrons. The van der Waals surface area contributed by atoms with Crippen molar-refractivity contribution in [2.75, 3.05) is 13.2 Å². The number of alkyl halides is 3. The van der Waals surface area contributed by atoms with Crippen LogP contribution in [0.25, 0.3) is 0 Å². The minimum atomic E-state index is -4.36. The SMILES string of the molecule is O=C1CC(c2ccc(C(F)(F)F)cc2)NN1CCO. The summed E-state index contributed by atoms with van der Waals surface area (Å²) in [5, 5.41) is 10.0. The zero-order valence-corrected chi connectivity index (χ0v) is 9.94. The van der Waals surface area contributed by atoms with Gasteiger partial charge in [-0.3, -0.25) is 9.80 Å². The first-order valence-corrected chi connectivity index (χ1v) is 5.76. The van der Waals surface area contributed by atoms with Gasteiger partial charge in [0.1, 0.15) is 0 Å². The second-order valence-electron chi connectivity index (χ2n) is 4.27. The van der Waals surface area contributed by atoms with Gasteiger partial charge < -0.3 is 5.11 Å². The first-order chi connectivity index (χ1) is 8.91. The Kier molecular flexibility index (Phi) is 3.77. The van der Waals surface area contributed by atoms with Gasteiger partial charge in [0.25, 0.3) is 0 Å². The molecule has 1 atom stereocenters. The van der Waals surface area contributed by atoms with Crippen LogP contribution in [0, 0.1) is 0 Å². The molecule has 0 aliphatic carbocycles. The highest BCUT2D eigenvalue weighted by Crippen LogP contribution is 2.31. The Hall–Kier alpha value is -1.60. The third-order valence-electron chi connectivity index (χ3n) is 2.96. The lowest BCUT2D eigenvalue weighted by atomic mass is 10.0. The lowest BCUT2D eigenvalue weighted by Crippen LogP contribution is -2.37. The number of nitrogens with zero attached hydrogens (tertiary/aromatic N) is 1. The van der Waals surface area contributed by atoms with Crippen LogP contribution in [-0.4, -0.2) is 29.2 Å². The van der Waals surface area contributed by atoms with E-state index in [-0.39, 0.29) is 31.5 Å². The molecule has 2 rings (SSSR count). The highest BCUT2D eigenvalue weighted by atomic mass is 19.4. The van der Waals surface area contributed by atoms with Crippen LogP contribution in [0.5, 0.6) is 0 Å². The van der Waals surface area contributed by atoms with E-state index < -0.39 is 11.7 Å². The molecule has 1 aromatic carbocycles. The maximum Gasteiger partial charge on any atom is 0.416 e. The summed E-state index contributed by atoms with van der Waals surface area (Å²) in [6, 6.07) is 4.36. The molecule has 0 saturated carbocycles. The summed E-state index contributed by atoms with van der Waals surface area (Å²) in [4.78, 5) is 11.5. The van der Waals surface area contributed by atoms with E-state index in [1.165, 1.54) is 17.1 Å². The standard InChI is InChI=1S/C12H13F3N2O2/c13-12(14,15)9-3-1-8(2-4-9)10-7-11(19)17(16-10)5-6-18/h1-4,10,16,18H,5-7H2. The minimum absolute atomic E-state index is 0.163. The largest absolute Gasteiger partial charge is 0.416 e. The van der Waals surface area contributed by atoms with Crippen molar-refractivity contribution in [3.05, 3.63) is 35.4 Å². The monoisotopic (exact) mass is 274 g/mol. The molecule has 19 heavy (non-hydrogen) atoms. The molecule has 104 valence electrons. The Balaban J connectivity index is 2.10. The quantitative estimate of drug-likeness (QED) is 0.877. The van der Waals surface area contributed by atoms with E-state index in [4.69, 9.17) is 5.11 Å². The van der Waals surface area contributed by atoms with Crippen LogP contribution < -0.4 is 5.43 Å². The van der Waals surface area contributed by atoms with E-state index in [9.17, 15) is 18.0 Å². The number of halogens is 3. The molecule has 0 spiro atoms. The number of hydrogen-bond acceptors (Lipinski definition) is 3. The third kappa shape index (κ3) is 3.05. The van der Waals surface area contributed by atoms with Crippen molar-refractivity contribution in [2.24, 2.45) is 0 Å². The highest BCUT2D eigenvalue weighted by Gasteiger charge is 2.32. The maximum absolute atomic E-state index is 12.4. The van der Waals surface area contributed by atoms with Gasteiger partial charge in [-0.2, -0.15) is 13.2 Å². The van der Waals surface area contributed by atoms with Crippen molar-refractivity contribution in [1.29, 1.82) is 0 Å². The van der Waals surface area contributed by atoms with E-state index >= 15 is 0 Å². The average molecular weight is 274 g/mol. The highest BCUT2D eigenvalue weighted by molar-refractivity contribution is 5.78. The predicted octanol–water partition coefficient (Wildman–Crippen LogP) is 1.48. The zero-order valence-electron chi connectivity index (χ0n) is 9.94. The Morgan fingerprint density at radius 1 is 1.32 bits per heavy atom. The van der Waals surface area contributed by atoms with Crippen molar-refractivity contribution in [3.8, 4) is 0 Å². The van der Waals surface area contributed by atoms with E-state index in [1.807, 2.05) is 0 Å². The summed E-state index contributed by atoms with van der Waals surface area (Å²) >= 11 is 0. The van der Waals surface area contributed by atoms with Crippen LogP contribution >= 0.6 is 0 Å². The van der Waals surface area contributed by atoms with E-state index in [1.54, 1.807) is 0 Å². The molecule has 7 heteroatoms. The number of hydrogen-bond donors (Lipinski definition) is 2. The summed E-state index contributed by atoms with van der Waals surface area (Å²) in [6.45, 7) is -0.00552. The van der Waals surface area contributed by atoms with Gasteiger partial charge in [0, 0.05) is 6.42 Å². The van der Waals surface area contributed by atoms with E-state index in [0.29, 0.717) is 5.56 Å². The molecule has 0 aromatic heterocycles. The molecular formula is C12H13F3N2O2. The molecule has 1 unspecified atom stereocenters. The molecule has 1 heterocycles. The molecular weight excluding hydrogens is 261 g/mol. The molecule has 2 N–H and O–H groups in total. The van der Waals surface area contributed by atoms with Crippen molar-refractivity contribution < 1.29 is 23.1 Å². The van der Waals surface area contributed by atoms with Gasteiger partial charge in [-0.1, -0.05) is 12.1 Å². The number of aliphatic hydroxyl groups excluding tert-OH is 1. The predicted molar refractivity (Wildman–Crippen MR) is 60.7 cm³/mol. The van der Waals surface area contributed by atoms with Gasteiger partial charge in [-0.15, -0.1) is 0 Å². The van der Waals surface area contributed by atoms with Crippen molar-refractivity contribution >= 4 is 5.91 Å². The lowest BCUT2D eigenvalue weighted by molar-refractivity contribution is -0.137. The smallest absolute Gasteiger partial charge is 0.394 e. The van der Waals surface area contributed by atoms with Crippen LogP contribution in [0.1, 0.15) is 23.6 Å². The summed E-state index contributed by atoms with van der Waals surface area (Å²) in [7, 11) is 0. The average Bonchev–Trinajstić information content (AvgIpc) is 2.71. The number of rotatable bonds is 3. The van der Waals surface area contributed by atoms with Gasteiger partial charge in [-0.25, -0.2) is 5.43 Å². The van der Waals surface area contributed by atoms with Gasteiger partial charge in [-0.05, 0) is 17.7 Å². The number of carbonyl (C=O) groups is 1. The topological polar surface area (TPSA) is 52.6 Å².